The van der Waals surface area contributed by atoms with Crippen LogP contribution in [0.3, 0.4) is 0 Å². The number of nitrogens with zero attached hydrogens (tertiary/aromatic N) is 4. The molecule has 0 radical (unpaired) electrons. The fourth-order valence-corrected chi connectivity index (χ4v) is 8.41. The molecular weight excluding hydrogens is 852 g/mol. The lowest BCUT2D eigenvalue weighted by atomic mass is 10.0. The number of rotatable bonds is 28. The van der Waals surface area contributed by atoms with Crippen LogP contribution in [0.4, 0.5) is 0 Å². The van der Waals surface area contributed by atoms with Crippen molar-refractivity contribution in [3.63, 3.8) is 0 Å². The van der Waals surface area contributed by atoms with Crippen molar-refractivity contribution < 1.29 is 31.5 Å². The highest BCUT2D eigenvalue weighted by Crippen LogP contribution is 2.34. The average Bonchev–Trinajstić information content (AvgIpc) is 4.22. The Morgan fingerprint density at radius 1 is 0.470 bits per heavy atom. The smallest absolute Gasteiger partial charge is 0.319 e. The minimum absolute atomic E-state index is 0.333. The summed E-state index contributed by atoms with van der Waals surface area (Å²) >= 11 is 0. The second-order valence-electron chi connectivity index (χ2n) is 16.1. The standard InChI is InChI=1S/C52H57N6O7P/c59-66(62-33-13-29-53-37-41-25-27-43(45(35-41)47-21-11-31-60-47)51-55-49(64-57-51)23-9-7-19-39-15-3-1-4-16-39)63-34-14-30-54-38-42-26-28-44(46(36-42)48-22-12-32-61-48)52-56-50(65-58-52)24-10-8-20-40-17-5-2-6-18-40/h1-6,11-12,15-18,21-22,25-28,31-32,35-36,53-54,66H,7-10,13-14,19-20,23-24,29-30,33-34,37-38H2. The molecule has 4 aromatic carbocycles. The monoisotopic (exact) mass is 908 g/mol. The summed E-state index contributed by atoms with van der Waals surface area (Å²) in [5.74, 6) is 3.82. The van der Waals surface area contributed by atoms with Gasteiger partial charge in [0.05, 0.1) is 25.7 Å². The summed E-state index contributed by atoms with van der Waals surface area (Å²) in [7, 11) is -2.59. The van der Waals surface area contributed by atoms with Gasteiger partial charge in [0.2, 0.25) is 23.4 Å². The van der Waals surface area contributed by atoms with Crippen molar-refractivity contribution in [1.82, 2.24) is 30.9 Å². The molecule has 0 atom stereocenters. The first-order valence-corrected chi connectivity index (χ1v) is 24.2. The summed E-state index contributed by atoms with van der Waals surface area (Å²) in [5, 5.41) is 15.5. The van der Waals surface area contributed by atoms with Crippen LogP contribution in [0.15, 0.2) is 152 Å². The first-order chi connectivity index (χ1) is 32.6. The zero-order valence-electron chi connectivity index (χ0n) is 37.2. The molecule has 342 valence electrons. The first kappa shape index (κ1) is 46.3. The van der Waals surface area contributed by atoms with Crippen molar-refractivity contribution in [3.8, 4) is 45.4 Å². The molecule has 0 fully saturated rings. The molecule has 13 nitrogen and oxygen atoms in total. The molecule has 0 amide bonds. The van der Waals surface area contributed by atoms with E-state index in [9.17, 15) is 4.57 Å². The van der Waals surface area contributed by atoms with E-state index in [-0.39, 0.29) is 0 Å². The number of unbranched alkanes of at least 4 members (excludes halogenated alkanes) is 2. The number of aryl methyl sites for hydroxylation is 4. The van der Waals surface area contributed by atoms with Gasteiger partial charge in [0.15, 0.2) is 0 Å². The summed E-state index contributed by atoms with van der Waals surface area (Å²) in [6, 6.07) is 40.9. The van der Waals surface area contributed by atoms with Crippen molar-refractivity contribution in [3.05, 3.63) is 168 Å². The van der Waals surface area contributed by atoms with E-state index in [0.717, 1.165) is 96.3 Å². The Bertz CT molecular complexity index is 2470. The Labute approximate surface area is 386 Å². The lowest BCUT2D eigenvalue weighted by Crippen LogP contribution is -2.16. The van der Waals surface area contributed by atoms with E-state index in [4.69, 9.17) is 36.9 Å². The maximum absolute atomic E-state index is 12.4. The highest BCUT2D eigenvalue weighted by Gasteiger charge is 2.18. The quantitative estimate of drug-likeness (QED) is 0.0353. The van der Waals surface area contributed by atoms with E-state index >= 15 is 0 Å². The van der Waals surface area contributed by atoms with Crippen molar-refractivity contribution >= 4 is 8.25 Å². The molecule has 4 heterocycles. The van der Waals surface area contributed by atoms with E-state index < -0.39 is 8.25 Å². The summed E-state index contributed by atoms with van der Waals surface area (Å²) in [6.07, 6.45) is 12.2. The second kappa shape index (κ2) is 24.9. The van der Waals surface area contributed by atoms with Gasteiger partial charge in [0.25, 0.3) is 0 Å². The van der Waals surface area contributed by atoms with Gasteiger partial charge in [0.1, 0.15) is 11.5 Å². The number of furan rings is 2. The van der Waals surface area contributed by atoms with E-state index in [1.807, 2.05) is 48.5 Å². The summed E-state index contributed by atoms with van der Waals surface area (Å²) < 4.78 is 46.3. The van der Waals surface area contributed by atoms with Crippen LogP contribution < -0.4 is 10.6 Å². The lowest BCUT2D eigenvalue weighted by Gasteiger charge is -2.10. The zero-order chi connectivity index (χ0) is 45.0. The molecule has 2 N–H and O–H groups in total. The topological polar surface area (TPSA) is 164 Å². The fourth-order valence-electron chi connectivity index (χ4n) is 7.71. The zero-order valence-corrected chi connectivity index (χ0v) is 38.2. The van der Waals surface area contributed by atoms with E-state index in [2.05, 4.69) is 93.7 Å². The molecule has 0 spiro atoms. The molecule has 0 aliphatic rings. The summed E-state index contributed by atoms with van der Waals surface area (Å²) in [6.45, 7) is 3.30. The molecule has 0 saturated heterocycles. The Morgan fingerprint density at radius 3 is 1.36 bits per heavy atom. The normalized spacial score (nSPS) is 11.5. The van der Waals surface area contributed by atoms with Crippen molar-refractivity contribution in [2.45, 2.75) is 77.3 Å². The Kier molecular flexibility index (Phi) is 17.5. The molecule has 0 unspecified atom stereocenters. The third-order valence-electron chi connectivity index (χ3n) is 11.2. The molecule has 0 aliphatic heterocycles. The third kappa shape index (κ3) is 13.9. The number of aromatic nitrogens is 4. The fraction of sp³-hybridized carbons (Fsp3) is 0.308. The van der Waals surface area contributed by atoms with Gasteiger partial charge in [0, 0.05) is 48.2 Å². The van der Waals surface area contributed by atoms with Gasteiger partial charge in [-0.25, -0.2) is 0 Å². The van der Waals surface area contributed by atoms with Crippen LogP contribution >= 0.6 is 8.25 Å². The Hall–Kier alpha value is -6.21. The van der Waals surface area contributed by atoms with E-state index in [0.29, 0.717) is 75.7 Å². The largest absolute Gasteiger partial charge is 0.464 e. The van der Waals surface area contributed by atoms with Crippen LogP contribution in [0.1, 0.15) is 72.6 Å². The Morgan fingerprint density at radius 2 is 0.924 bits per heavy atom. The van der Waals surface area contributed by atoms with Crippen molar-refractivity contribution in [2.24, 2.45) is 0 Å². The first-order valence-electron chi connectivity index (χ1n) is 22.9. The number of hydrogen-bond acceptors (Lipinski definition) is 13. The highest BCUT2D eigenvalue weighted by molar-refractivity contribution is 7.33. The van der Waals surface area contributed by atoms with Gasteiger partial charge in [-0.2, -0.15) is 9.97 Å². The van der Waals surface area contributed by atoms with Crippen molar-refractivity contribution in [2.75, 3.05) is 26.3 Å². The number of hydrogen-bond donors (Lipinski definition) is 2. The summed E-state index contributed by atoms with van der Waals surface area (Å²) in [4.78, 5) is 9.44. The predicted octanol–water partition coefficient (Wildman–Crippen LogP) is 11.5. The predicted molar refractivity (Wildman–Crippen MR) is 255 cm³/mol. The SMILES string of the molecule is O=[PH](OCCCNCc1ccc(-c2noc(CCCCc3ccccc3)n2)c(-c2ccco2)c1)OCCCNCc1ccc(-c2noc(CCCCc3ccccc3)n2)c(-c2ccco2)c1. The van der Waals surface area contributed by atoms with Crippen LogP contribution in [0.2, 0.25) is 0 Å². The van der Waals surface area contributed by atoms with Crippen LogP contribution in [0.25, 0.3) is 45.4 Å². The molecule has 66 heavy (non-hydrogen) atoms. The molecule has 0 saturated carbocycles. The maximum Gasteiger partial charge on any atom is 0.319 e. The van der Waals surface area contributed by atoms with Gasteiger partial charge in [-0.05, 0) is 135 Å². The van der Waals surface area contributed by atoms with Crippen molar-refractivity contribution in [1.29, 1.82) is 0 Å². The van der Waals surface area contributed by atoms with Gasteiger partial charge in [-0.3, -0.25) is 4.57 Å². The summed E-state index contributed by atoms with van der Waals surface area (Å²) in [5.41, 5.74) is 8.33. The molecule has 8 aromatic rings. The van der Waals surface area contributed by atoms with Crippen LogP contribution in [-0.4, -0.2) is 46.6 Å². The van der Waals surface area contributed by atoms with Crippen LogP contribution in [0, 0.1) is 0 Å². The van der Waals surface area contributed by atoms with E-state index in [1.165, 1.54) is 11.1 Å². The van der Waals surface area contributed by atoms with Gasteiger partial charge < -0.3 is 37.6 Å². The van der Waals surface area contributed by atoms with E-state index in [1.54, 1.807) is 12.5 Å². The molecular formula is C52H57N6O7P. The molecule has 4 aromatic heterocycles. The number of nitrogens with one attached hydrogen (secondary N) is 2. The lowest BCUT2D eigenvalue weighted by molar-refractivity contribution is 0.220. The minimum atomic E-state index is -2.59. The third-order valence-corrected chi connectivity index (χ3v) is 12.0. The number of benzene rings is 4. The molecule has 0 aliphatic carbocycles. The van der Waals surface area contributed by atoms with Gasteiger partial charge >= 0.3 is 8.25 Å². The average molecular weight is 909 g/mol. The highest BCUT2D eigenvalue weighted by atomic mass is 31.1. The second-order valence-corrected chi connectivity index (χ2v) is 17.2. The minimum Gasteiger partial charge on any atom is -0.464 e. The molecule has 14 heteroatoms. The molecule has 0 bridgehead atoms. The van der Waals surface area contributed by atoms with Crippen LogP contribution in [0.5, 0.6) is 0 Å². The van der Waals surface area contributed by atoms with Gasteiger partial charge in [-0.1, -0.05) is 83.1 Å². The maximum atomic E-state index is 12.4. The van der Waals surface area contributed by atoms with Gasteiger partial charge in [-0.15, -0.1) is 0 Å². The van der Waals surface area contributed by atoms with Crippen LogP contribution in [-0.2, 0) is 52.4 Å². The Balaban J connectivity index is 0.708. The molecule has 8 rings (SSSR count).